The van der Waals surface area contributed by atoms with Gasteiger partial charge in [-0.05, 0) is 42.7 Å². The van der Waals surface area contributed by atoms with Gasteiger partial charge in [0, 0.05) is 22.4 Å². The lowest BCUT2D eigenvalue weighted by Crippen LogP contribution is -2.23. The van der Waals surface area contributed by atoms with Crippen LogP contribution in [-0.2, 0) is 15.6 Å². The Morgan fingerprint density at radius 2 is 1.41 bits per heavy atom. The summed E-state index contributed by atoms with van der Waals surface area (Å²) in [6, 6.07) is 3.87. The Kier molecular flexibility index (Phi) is 8.13. The highest BCUT2D eigenvalue weighted by atomic mass is 16.3. The molecule has 0 aliphatic carbocycles. The molecular weight excluding hydrogens is 334 g/mol. The SMILES string of the molecule is C=C(C)C(=O)Nc1cc(C(C)(C)CCCC)c(O)c(C(C)(C)CCCC)c1. The first-order valence-corrected chi connectivity index (χ1v) is 10.3. The lowest BCUT2D eigenvalue weighted by molar-refractivity contribution is -0.112. The van der Waals surface area contributed by atoms with Gasteiger partial charge in [-0.25, -0.2) is 0 Å². The molecule has 0 saturated heterocycles. The molecule has 0 aromatic heterocycles. The van der Waals surface area contributed by atoms with E-state index >= 15 is 0 Å². The quantitative estimate of drug-likeness (QED) is 0.348. The molecule has 0 heterocycles. The van der Waals surface area contributed by atoms with Crippen LogP contribution in [0.3, 0.4) is 0 Å². The fourth-order valence-corrected chi connectivity index (χ4v) is 3.48. The van der Waals surface area contributed by atoms with Gasteiger partial charge in [0.1, 0.15) is 5.75 Å². The molecule has 0 bridgehead atoms. The number of rotatable bonds is 10. The van der Waals surface area contributed by atoms with Crippen LogP contribution >= 0.6 is 0 Å². The average molecular weight is 374 g/mol. The van der Waals surface area contributed by atoms with Gasteiger partial charge in [-0.15, -0.1) is 0 Å². The molecule has 1 amide bonds. The predicted octanol–water partition coefficient (Wildman–Crippen LogP) is 6.84. The van der Waals surface area contributed by atoms with Crippen molar-refractivity contribution in [1.82, 2.24) is 0 Å². The predicted molar refractivity (Wildman–Crippen MR) is 117 cm³/mol. The average Bonchev–Trinajstić information content (AvgIpc) is 2.59. The van der Waals surface area contributed by atoms with Crippen LogP contribution in [0, 0.1) is 0 Å². The van der Waals surface area contributed by atoms with Crippen LogP contribution < -0.4 is 5.32 Å². The normalized spacial score (nSPS) is 12.1. The molecule has 0 atom stereocenters. The molecule has 1 aromatic carbocycles. The largest absolute Gasteiger partial charge is 0.507 e. The lowest BCUT2D eigenvalue weighted by Gasteiger charge is -2.32. The summed E-state index contributed by atoms with van der Waals surface area (Å²) in [6.07, 6.45) is 6.41. The monoisotopic (exact) mass is 373 g/mol. The molecular formula is C24H39NO2. The zero-order valence-electron chi connectivity index (χ0n) is 18.5. The molecule has 0 radical (unpaired) electrons. The van der Waals surface area contributed by atoms with Crippen LogP contribution in [0.5, 0.6) is 5.75 Å². The maximum atomic E-state index is 12.2. The number of aromatic hydroxyl groups is 1. The lowest BCUT2D eigenvalue weighted by atomic mass is 9.74. The van der Waals surface area contributed by atoms with Gasteiger partial charge >= 0.3 is 0 Å². The number of hydrogen-bond donors (Lipinski definition) is 2. The molecule has 27 heavy (non-hydrogen) atoms. The summed E-state index contributed by atoms with van der Waals surface area (Å²) in [7, 11) is 0. The van der Waals surface area contributed by atoms with Gasteiger partial charge in [0.15, 0.2) is 0 Å². The first-order valence-electron chi connectivity index (χ1n) is 10.3. The van der Waals surface area contributed by atoms with E-state index in [4.69, 9.17) is 0 Å². The first kappa shape index (κ1) is 23.3. The minimum Gasteiger partial charge on any atom is -0.507 e. The molecule has 0 fully saturated rings. The summed E-state index contributed by atoms with van der Waals surface area (Å²) in [6.45, 7) is 18.5. The fourth-order valence-electron chi connectivity index (χ4n) is 3.48. The van der Waals surface area contributed by atoms with Crippen LogP contribution in [-0.4, -0.2) is 11.0 Å². The zero-order chi connectivity index (χ0) is 20.8. The van der Waals surface area contributed by atoms with Crippen molar-refractivity contribution < 1.29 is 9.90 Å². The van der Waals surface area contributed by atoms with Gasteiger partial charge in [-0.3, -0.25) is 4.79 Å². The van der Waals surface area contributed by atoms with Gasteiger partial charge in [0.25, 0.3) is 5.91 Å². The van der Waals surface area contributed by atoms with Gasteiger partial charge < -0.3 is 10.4 Å². The molecule has 0 spiro atoms. The standard InChI is InChI=1S/C24H39NO2/c1-9-11-13-23(5,6)19-15-18(25-22(27)17(3)4)16-20(21(19)26)24(7,8)14-12-10-2/h15-16,26H,3,9-14H2,1-2,4-8H3,(H,25,27). The van der Waals surface area contributed by atoms with E-state index < -0.39 is 0 Å². The number of amides is 1. The molecule has 0 saturated carbocycles. The third kappa shape index (κ3) is 6.12. The van der Waals surface area contributed by atoms with E-state index in [1.807, 2.05) is 12.1 Å². The number of carbonyl (C=O) groups excluding carboxylic acids is 1. The van der Waals surface area contributed by atoms with E-state index in [0.29, 0.717) is 11.3 Å². The second-order valence-electron chi connectivity index (χ2n) is 9.13. The Labute approximate surface area is 166 Å². The minimum atomic E-state index is -0.185. The molecule has 152 valence electrons. The van der Waals surface area contributed by atoms with Crippen molar-refractivity contribution in [3.63, 3.8) is 0 Å². The van der Waals surface area contributed by atoms with Crippen molar-refractivity contribution in [2.24, 2.45) is 0 Å². The number of anilines is 1. The Balaban J connectivity index is 3.50. The number of phenolic OH excluding ortho intramolecular Hbond substituents is 1. The molecule has 3 heteroatoms. The van der Waals surface area contributed by atoms with Crippen LogP contribution in [0.1, 0.15) is 98.1 Å². The highest BCUT2D eigenvalue weighted by Crippen LogP contribution is 2.44. The van der Waals surface area contributed by atoms with Crippen molar-refractivity contribution >= 4 is 11.6 Å². The molecule has 0 aliphatic rings. The van der Waals surface area contributed by atoms with E-state index in [2.05, 4.69) is 53.4 Å². The van der Waals surface area contributed by atoms with E-state index in [-0.39, 0.29) is 16.7 Å². The molecule has 1 aromatic rings. The van der Waals surface area contributed by atoms with E-state index in [1.165, 1.54) is 0 Å². The molecule has 0 unspecified atom stereocenters. The van der Waals surface area contributed by atoms with Gasteiger partial charge in [0.2, 0.25) is 0 Å². The fraction of sp³-hybridized carbons (Fsp3) is 0.625. The maximum absolute atomic E-state index is 12.2. The van der Waals surface area contributed by atoms with E-state index in [9.17, 15) is 9.90 Å². The summed E-state index contributed by atoms with van der Waals surface area (Å²) in [5.74, 6) is 0.195. The molecule has 1 rings (SSSR count). The maximum Gasteiger partial charge on any atom is 0.250 e. The highest BCUT2D eigenvalue weighted by Gasteiger charge is 2.31. The van der Waals surface area contributed by atoms with Crippen LogP contribution in [0.2, 0.25) is 0 Å². The third-order valence-corrected chi connectivity index (χ3v) is 5.52. The summed E-state index contributed by atoms with van der Waals surface area (Å²) < 4.78 is 0. The number of phenols is 1. The topological polar surface area (TPSA) is 49.3 Å². The first-order chi connectivity index (χ1) is 12.5. The Bertz CT molecular complexity index is 630. The molecule has 3 nitrogen and oxygen atoms in total. The Morgan fingerprint density at radius 3 is 1.74 bits per heavy atom. The second kappa shape index (κ2) is 9.43. The van der Waals surface area contributed by atoms with Crippen LogP contribution in [0.15, 0.2) is 24.3 Å². The van der Waals surface area contributed by atoms with Gasteiger partial charge in [-0.2, -0.15) is 0 Å². The smallest absolute Gasteiger partial charge is 0.250 e. The summed E-state index contributed by atoms with van der Waals surface area (Å²) in [4.78, 5) is 12.2. The van der Waals surface area contributed by atoms with Crippen molar-refractivity contribution in [3.8, 4) is 5.75 Å². The zero-order valence-corrected chi connectivity index (χ0v) is 18.5. The van der Waals surface area contributed by atoms with Crippen LogP contribution in [0.25, 0.3) is 0 Å². The number of carbonyl (C=O) groups is 1. The minimum absolute atomic E-state index is 0.167. The Hall–Kier alpha value is -1.77. The number of hydrogen-bond acceptors (Lipinski definition) is 2. The highest BCUT2D eigenvalue weighted by molar-refractivity contribution is 6.03. The number of benzene rings is 1. The second-order valence-corrected chi connectivity index (χ2v) is 9.13. The summed E-state index contributed by atoms with van der Waals surface area (Å²) in [5, 5.41) is 14.2. The summed E-state index contributed by atoms with van der Waals surface area (Å²) >= 11 is 0. The van der Waals surface area contributed by atoms with E-state index in [0.717, 1.165) is 55.3 Å². The van der Waals surface area contributed by atoms with Crippen LogP contribution in [0.4, 0.5) is 5.69 Å². The van der Waals surface area contributed by atoms with E-state index in [1.54, 1.807) is 6.92 Å². The van der Waals surface area contributed by atoms with Crippen molar-refractivity contribution in [1.29, 1.82) is 0 Å². The number of nitrogens with one attached hydrogen (secondary N) is 1. The van der Waals surface area contributed by atoms with Crippen molar-refractivity contribution in [3.05, 3.63) is 35.4 Å². The van der Waals surface area contributed by atoms with Gasteiger partial charge in [0.05, 0.1) is 0 Å². The third-order valence-electron chi connectivity index (χ3n) is 5.52. The molecule has 2 N–H and O–H groups in total. The van der Waals surface area contributed by atoms with Crippen molar-refractivity contribution in [2.75, 3.05) is 5.32 Å². The Morgan fingerprint density at radius 1 is 1.00 bits per heavy atom. The number of unbranched alkanes of at least 4 members (excludes halogenated alkanes) is 2. The summed E-state index contributed by atoms with van der Waals surface area (Å²) in [5.41, 5.74) is 2.70. The van der Waals surface area contributed by atoms with Crippen molar-refractivity contribution in [2.45, 2.75) is 97.8 Å². The molecule has 0 aliphatic heterocycles. The van der Waals surface area contributed by atoms with Gasteiger partial charge in [-0.1, -0.05) is 73.8 Å².